The number of halogens is 2. The van der Waals surface area contributed by atoms with Crippen LogP contribution >= 0.6 is 11.8 Å². The maximum Gasteiger partial charge on any atom is 0.275 e. The van der Waals surface area contributed by atoms with Gasteiger partial charge in [-0.15, -0.1) is 11.8 Å². The Hall–Kier alpha value is -3.52. The fraction of sp³-hybridized carbons (Fsp3) is 0.160. The lowest BCUT2D eigenvalue weighted by molar-refractivity contribution is -0.121. The molecule has 0 radical (unpaired) electrons. The second-order valence-electron chi connectivity index (χ2n) is 7.50. The fourth-order valence-corrected chi connectivity index (χ4v) is 4.15. The summed E-state index contributed by atoms with van der Waals surface area (Å²) in [6, 6.07) is 18.3. The summed E-state index contributed by atoms with van der Waals surface area (Å²) in [7, 11) is 0. The highest BCUT2D eigenvalue weighted by atomic mass is 32.2. The number of carbonyl (C=O) groups is 1. The minimum Gasteiger partial charge on any atom is -0.354 e. The van der Waals surface area contributed by atoms with Crippen molar-refractivity contribution < 1.29 is 13.6 Å². The molecule has 5 nitrogen and oxygen atoms in total. The molecular weight excluding hydrogens is 444 g/mol. The second kappa shape index (κ2) is 9.95. The zero-order chi connectivity index (χ0) is 23.4. The molecule has 3 aromatic carbocycles. The third-order valence-electron chi connectivity index (χ3n) is 5.07. The minimum absolute atomic E-state index is 0.282. The van der Waals surface area contributed by atoms with E-state index in [9.17, 15) is 18.4 Å². The van der Waals surface area contributed by atoms with E-state index in [0.29, 0.717) is 34.3 Å². The van der Waals surface area contributed by atoms with Gasteiger partial charge in [-0.1, -0.05) is 35.9 Å². The molecule has 4 aromatic rings. The zero-order valence-corrected chi connectivity index (χ0v) is 18.7. The predicted octanol–water partition coefficient (Wildman–Crippen LogP) is 4.56. The van der Waals surface area contributed by atoms with Gasteiger partial charge in [0, 0.05) is 28.1 Å². The first kappa shape index (κ1) is 22.7. The molecule has 0 aliphatic carbocycles. The summed E-state index contributed by atoms with van der Waals surface area (Å²) in [6.45, 7) is 2.17. The van der Waals surface area contributed by atoms with Crippen LogP contribution < -0.4 is 10.9 Å². The molecule has 168 valence electrons. The van der Waals surface area contributed by atoms with Crippen molar-refractivity contribution in [3.05, 3.63) is 94.3 Å². The maximum atomic E-state index is 13.8. The number of benzene rings is 3. The molecule has 1 amide bonds. The molecule has 0 unspecified atom stereocenters. The molecule has 1 aromatic heterocycles. The number of nitrogens with zero attached hydrogens (tertiary/aromatic N) is 2. The third-order valence-corrected chi connectivity index (χ3v) is 6.08. The summed E-state index contributed by atoms with van der Waals surface area (Å²) in [5.41, 5.74) is 1.37. The first-order chi connectivity index (χ1) is 15.9. The average molecular weight is 466 g/mol. The van der Waals surface area contributed by atoms with Gasteiger partial charge in [-0.05, 0) is 43.3 Å². The molecule has 0 spiro atoms. The summed E-state index contributed by atoms with van der Waals surface area (Å²) in [5, 5.41) is 7.95. The van der Waals surface area contributed by atoms with E-state index in [0.717, 1.165) is 21.7 Å². The van der Waals surface area contributed by atoms with Gasteiger partial charge in [0.05, 0.1) is 11.1 Å². The molecule has 0 saturated carbocycles. The Kier molecular flexibility index (Phi) is 6.84. The van der Waals surface area contributed by atoms with Gasteiger partial charge in [0.2, 0.25) is 5.91 Å². The number of amides is 1. The van der Waals surface area contributed by atoms with Gasteiger partial charge >= 0.3 is 0 Å². The standard InChI is InChI=1S/C25H21F2N3O2S/c1-16-6-9-18(10-7-16)33-13-12-28-23(31)15-30-25(32)20-5-3-2-4-19(20)24(29-30)17-8-11-21(26)22(27)14-17/h2-11,14H,12-13,15H2,1H3,(H,28,31). The van der Waals surface area contributed by atoms with Crippen LogP contribution in [0.3, 0.4) is 0 Å². The Morgan fingerprint density at radius 2 is 1.73 bits per heavy atom. The van der Waals surface area contributed by atoms with Gasteiger partial charge in [0.15, 0.2) is 11.6 Å². The second-order valence-corrected chi connectivity index (χ2v) is 8.67. The number of hydrogen-bond acceptors (Lipinski definition) is 4. The lowest BCUT2D eigenvalue weighted by Gasteiger charge is -2.12. The summed E-state index contributed by atoms with van der Waals surface area (Å²) in [4.78, 5) is 26.5. The zero-order valence-electron chi connectivity index (χ0n) is 17.8. The van der Waals surface area contributed by atoms with E-state index in [1.54, 1.807) is 36.0 Å². The summed E-state index contributed by atoms with van der Waals surface area (Å²) >= 11 is 1.62. The Morgan fingerprint density at radius 3 is 2.45 bits per heavy atom. The molecule has 0 aliphatic heterocycles. The highest BCUT2D eigenvalue weighted by molar-refractivity contribution is 7.99. The number of rotatable bonds is 7. The Bertz CT molecular complexity index is 1370. The van der Waals surface area contributed by atoms with Gasteiger partial charge < -0.3 is 5.32 Å². The van der Waals surface area contributed by atoms with Crippen molar-refractivity contribution in [3.63, 3.8) is 0 Å². The van der Waals surface area contributed by atoms with Gasteiger partial charge in [0.25, 0.3) is 5.56 Å². The van der Waals surface area contributed by atoms with Crippen molar-refractivity contribution >= 4 is 28.4 Å². The van der Waals surface area contributed by atoms with Crippen LogP contribution in [0.25, 0.3) is 22.0 Å². The normalized spacial score (nSPS) is 11.0. The van der Waals surface area contributed by atoms with Crippen LogP contribution in [0.2, 0.25) is 0 Å². The van der Waals surface area contributed by atoms with E-state index >= 15 is 0 Å². The monoisotopic (exact) mass is 465 g/mol. The Morgan fingerprint density at radius 1 is 1.00 bits per heavy atom. The molecular formula is C25H21F2N3O2S. The molecule has 1 N–H and O–H groups in total. The van der Waals surface area contributed by atoms with E-state index in [1.807, 2.05) is 31.2 Å². The van der Waals surface area contributed by atoms with Crippen LogP contribution in [-0.4, -0.2) is 28.0 Å². The lowest BCUT2D eigenvalue weighted by atomic mass is 10.0. The molecule has 0 bridgehead atoms. The first-order valence-electron chi connectivity index (χ1n) is 10.3. The quantitative estimate of drug-likeness (QED) is 0.321. The number of nitrogens with one attached hydrogen (secondary N) is 1. The Labute approximate surface area is 193 Å². The molecule has 8 heteroatoms. The van der Waals surface area contributed by atoms with E-state index < -0.39 is 17.2 Å². The van der Waals surface area contributed by atoms with Gasteiger partial charge in [-0.2, -0.15) is 5.10 Å². The molecule has 1 heterocycles. The maximum absolute atomic E-state index is 13.8. The van der Waals surface area contributed by atoms with Crippen molar-refractivity contribution in [2.75, 3.05) is 12.3 Å². The number of hydrogen-bond donors (Lipinski definition) is 1. The molecule has 4 rings (SSSR count). The number of thioether (sulfide) groups is 1. The first-order valence-corrected chi connectivity index (χ1v) is 11.3. The molecule has 0 atom stereocenters. The SMILES string of the molecule is Cc1ccc(SCCNC(=O)Cn2nc(-c3ccc(F)c(F)c3)c3ccccc3c2=O)cc1. The smallest absolute Gasteiger partial charge is 0.275 e. The number of fused-ring (bicyclic) bond motifs is 1. The van der Waals surface area contributed by atoms with E-state index in [1.165, 1.54) is 11.6 Å². The van der Waals surface area contributed by atoms with E-state index in [-0.39, 0.29) is 12.5 Å². The summed E-state index contributed by atoms with van der Waals surface area (Å²) in [5.74, 6) is -1.67. The summed E-state index contributed by atoms with van der Waals surface area (Å²) in [6.07, 6.45) is 0. The molecule has 0 aliphatic rings. The number of carbonyl (C=O) groups excluding carboxylic acids is 1. The van der Waals surface area contributed by atoms with Crippen molar-refractivity contribution in [2.45, 2.75) is 18.4 Å². The largest absolute Gasteiger partial charge is 0.354 e. The van der Waals surface area contributed by atoms with Gasteiger partial charge in [-0.25, -0.2) is 13.5 Å². The van der Waals surface area contributed by atoms with Crippen LogP contribution in [-0.2, 0) is 11.3 Å². The summed E-state index contributed by atoms with van der Waals surface area (Å²) < 4.78 is 28.3. The average Bonchev–Trinajstić information content (AvgIpc) is 2.82. The third kappa shape index (κ3) is 5.28. The molecule has 0 fully saturated rings. The highest BCUT2D eigenvalue weighted by Crippen LogP contribution is 2.26. The van der Waals surface area contributed by atoms with Crippen molar-refractivity contribution in [2.24, 2.45) is 0 Å². The van der Waals surface area contributed by atoms with Gasteiger partial charge in [-0.3, -0.25) is 9.59 Å². The van der Waals surface area contributed by atoms with Crippen LogP contribution in [0.15, 0.2) is 76.4 Å². The highest BCUT2D eigenvalue weighted by Gasteiger charge is 2.15. The Balaban J connectivity index is 1.51. The lowest BCUT2D eigenvalue weighted by Crippen LogP contribution is -2.35. The predicted molar refractivity (Wildman–Crippen MR) is 126 cm³/mol. The fourth-order valence-electron chi connectivity index (χ4n) is 3.38. The van der Waals surface area contributed by atoms with Crippen LogP contribution in [0, 0.1) is 18.6 Å². The topological polar surface area (TPSA) is 64.0 Å². The van der Waals surface area contributed by atoms with Crippen LogP contribution in [0.5, 0.6) is 0 Å². The molecule has 33 heavy (non-hydrogen) atoms. The van der Waals surface area contributed by atoms with Crippen LogP contribution in [0.4, 0.5) is 8.78 Å². The van der Waals surface area contributed by atoms with Crippen molar-refractivity contribution in [3.8, 4) is 11.3 Å². The molecule has 0 saturated heterocycles. The van der Waals surface area contributed by atoms with E-state index in [4.69, 9.17) is 0 Å². The number of aromatic nitrogens is 2. The van der Waals surface area contributed by atoms with Crippen LogP contribution in [0.1, 0.15) is 5.56 Å². The minimum atomic E-state index is -1.01. The van der Waals surface area contributed by atoms with Crippen molar-refractivity contribution in [1.82, 2.24) is 15.1 Å². The number of aryl methyl sites for hydroxylation is 1. The van der Waals surface area contributed by atoms with E-state index in [2.05, 4.69) is 10.4 Å². The van der Waals surface area contributed by atoms with Crippen molar-refractivity contribution in [1.29, 1.82) is 0 Å². The van der Waals surface area contributed by atoms with Gasteiger partial charge in [0.1, 0.15) is 6.54 Å².